The van der Waals surface area contributed by atoms with E-state index < -0.39 is 32.7 Å². The fourth-order valence-corrected chi connectivity index (χ4v) is 3.81. The van der Waals surface area contributed by atoms with Crippen molar-refractivity contribution < 1.29 is 26.4 Å². The third-order valence-electron chi connectivity index (χ3n) is 4.26. The quantitative estimate of drug-likeness (QED) is 0.590. The van der Waals surface area contributed by atoms with Crippen molar-refractivity contribution in [2.75, 3.05) is 5.32 Å². The molecule has 0 unspecified atom stereocenters. The van der Waals surface area contributed by atoms with Gasteiger partial charge >= 0.3 is 6.18 Å². The maximum Gasteiger partial charge on any atom is 0.435 e. The summed E-state index contributed by atoms with van der Waals surface area (Å²) >= 11 is 6.03. The number of nitrogens with two attached hydrogens (primary N) is 1. The number of carbonyl (C=O) groups is 1. The first-order valence-electron chi connectivity index (χ1n) is 8.70. The predicted molar refractivity (Wildman–Crippen MR) is 108 cm³/mol. The molecule has 1 aromatic heterocycles. The zero-order chi connectivity index (χ0) is 23.0. The summed E-state index contributed by atoms with van der Waals surface area (Å²) in [7, 11) is -4.36. The van der Waals surface area contributed by atoms with Crippen LogP contribution in [0.3, 0.4) is 0 Å². The largest absolute Gasteiger partial charge is 0.435 e. The molecule has 0 atom stereocenters. The lowest BCUT2D eigenvalue weighted by atomic mass is 10.1. The van der Waals surface area contributed by atoms with E-state index in [1.807, 2.05) is 0 Å². The van der Waals surface area contributed by atoms with E-state index >= 15 is 0 Å². The van der Waals surface area contributed by atoms with Crippen molar-refractivity contribution in [1.82, 2.24) is 9.78 Å². The lowest BCUT2D eigenvalue weighted by molar-refractivity contribution is -0.141. The number of hydrogen-bond acceptors (Lipinski definition) is 4. The molecule has 3 N–H and O–H groups in total. The smallest absolute Gasteiger partial charge is 0.326 e. The van der Waals surface area contributed by atoms with Gasteiger partial charge in [0.15, 0.2) is 5.69 Å². The normalized spacial score (nSPS) is 12.1. The van der Waals surface area contributed by atoms with Crippen LogP contribution in [0.5, 0.6) is 0 Å². The number of nitrogens with one attached hydrogen (secondary N) is 1. The Morgan fingerprint density at radius 2 is 1.87 bits per heavy atom. The monoisotopic (exact) mass is 472 g/mol. The highest BCUT2D eigenvalue weighted by molar-refractivity contribution is 7.89. The summed E-state index contributed by atoms with van der Waals surface area (Å²) < 4.78 is 63.9. The summed E-state index contributed by atoms with van der Waals surface area (Å²) in [6.45, 7) is 1.34. The highest BCUT2D eigenvalue weighted by atomic mass is 35.5. The Kier molecular flexibility index (Phi) is 6.12. The second-order valence-corrected chi connectivity index (χ2v) is 8.56. The Hall–Kier alpha value is -2.89. The number of anilines is 1. The van der Waals surface area contributed by atoms with Crippen LogP contribution in [-0.4, -0.2) is 24.1 Å². The maximum atomic E-state index is 13.0. The van der Waals surface area contributed by atoms with E-state index in [0.717, 1.165) is 16.8 Å². The van der Waals surface area contributed by atoms with Gasteiger partial charge in [0.2, 0.25) is 15.9 Å². The number of aryl methyl sites for hydroxylation is 1. The number of halogens is 4. The molecule has 164 valence electrons. The van der Waals surface area contributed by atoms with Crippen LogP contribution >= 0.6 is 11.6 Å². The number of sulfonamides is 1. The molecule has 1 amide bonds. The van der Waals surface area contributed by atoms with E-state index in [-0.39, 0.29) is 23.5 Å². The predicted octanol–water partition coefficient (Wildman–Crippen LogP) is 3.68. The second kappa shape index (κ2) is 8.33. The van der Waals surface area contributed by atoms with Crippen LogP contribution in [0.1, 0.15) is 17.0 Å². The Balaban J connectivity index is 1.96. The van der Waals surface area contributed by atoms with Crippen LogP contribution < -0.4 is 10.5 Å². The topological polar surface area (TPSA) is 107 Å². The number of nitrogens with zero attached hydrogens (tertiary/aromatic N) is 2. The Morgan fingerprint density at radius 3 is 2.45 bits per heavy atom. The summed E-state index contributed by atoms with van der Waals surface area (Å²) in [5, 5.41) is 11.6. The minimum absolute atomic E-state index is 0.0488. The molecule has 2 aromatic carbocycles. The van der Waals surface area contributed by atoms with Crippen LogP contribution in [0.4, 0.5) is 18.9 Å². The molecule has 0 spiro atoms. The summed E-state index contributed by atoms with van der Waals surface area (Å²) in [6, 6.07) is 11.1. The highest BCUT2D eigenvalue weighted by Gasteiger charge is 2.35. The molecular weight excluding hydrogens is 457 g/mol. The first-order chi connectivity index (χ1) is 14.4. The van der Waals surface area contributed by atoms with Gasteiger partial charge in [-0.3, -0.25) is 4.79 Å². The van der Waals surface area contributed by atoms with E-state index in [1.54, 1.807) is 24.3 Å². The number of hydrogen-bond donors (Lipinski definition) is 2. The molecule has 3 aromatic rings. The van der Waals surface area contributed by atoms with Crippen molar-refractivity contribution in [3.05, 3.63) is 70.5 Å². The number of aromatic nitrogens is 2. The molecule has 12 heteroatoms. The van der Waals surface area contributed by atoms with Crippen LogP contribution in [0.25, 0.3) is 5.69 Å². The molecule has 31 heavy (non-hydrogen) atoms. The van der Waals surface area contributed by atoms with Gasteiger partial charge in [-0.1, -0.05) is 29.8 Å². The van der Waals surface area contributed by atoms with Crippen molar-refractivity contribution in [2.24, 2.45) is 5.14 Å². The van der Waals surface area contributed by atoms with Crippen LogP contribution in [-0.2, 0) is 27.4 Å². The maximum absolute atomic E-state index is 13.0. The number of alkyl halides is 3. The number of primary sulfonamides is 1. The molecule has 0 aliphatic carbocycles. The van der Waals surface area contributed by atoms with Crippen molar-refractivity contribution in [3.8, 4) is 5.69 Å². The van der Waals surface area contributed by atoms with Gasteiger partial charge in [0.05, 0.1) is 12.1 Å². The molecule has 1 heterocycles. The fourth-order valence-electron chi connectivity index (χ4n) is 2.87. The molecule has 7 nitrogen and oxygen atoms in total. The summed E-state index contributed by atoms with van der Waals surface area (Å²) in [6.07, 6.45) is -4.77. The van der Waals surface area contributed by atoms with Gasteiger partial charge in [-0.05, 0) is 42.8 Å². The van der Waals surface area contributed by atoms with Gasteiger partial charge in [-0.25, -0.2) is 18.2 Å². The zero-order valence-electron chi connectivity index (χ0n) is 15.9. The number of rotatable bonds is 5. The minimum Gasteiger partial charge on any atom is -0.326 e. The van der Waals surface area contributed by atoms with Crippen LogP contribution in [0.15, 0.2) is 53.4 Å². The fraction of sp³-hybridized carbons (Fsp3) is 0.158. The van der Waals surface area contributed by atoms with E-state index in [4.69, 9.17) is 16.7 Å². The van der Waals surface area contributed by atoms with Crippen molar-refractivity contribution in [2.45, 2.75) is 24.4 Å². The van der Waals surface area contributed by atoms with Crippen molar-refractivity contribution >= 4 is 33.2 Å². The van der Waals surface area contributed by atoms with Crippen LogP contribution in [0.2, 0.25) is 5.02 Å². The average Bonchev–Trinajstić information content (AvgIpc) is 3.05. The zero-order valence-corrected chi connectivity index (χ0v) is 17.5. The molecule has 3 rings (SSSR count). The van der Waals surface area contributed by atoms with Crippen molar-refractivity contribution in [1.29, 1.82) is 0 Å². The summed E-state index contributed by atoms with van der Waals surface area (Å²) in [4.78, 5) is 11.8. The Bertz CT molecular complexity index is 1260. The van der Waals surface area contributed by atoms with Gasteiger partial charge in [0, 0.05) is 16.4 Å². The second-order valence-electron chi connectivity index (χ2n) is 6.62. The van der Waals surface area contributed by atoms with Gasteiger partial charge < -0.3 is 5.32 Å². The van der Waals surface area contributed by atoms with E-state index in [9.17, 15) is 26.4 Å². The lowest BCUT2D eigenvalue weighted by Crippen LogP contribution is -2.19. The third-order valence-corrected chi connectivity index (χ3v) is 5.57. The summed E-state index contributed by atoms with van der Waals surface area (Å²) in [5.74, 6) is -0.476. The van der Waals surface area contributed by atoms with Crippen LogP contribution in [0, 0.1) is 6.92 Å². The first-order valence-corrected chi connectivity index (χ1v) is 10.6. The van der Waals surface area contributed by atoms with Gasteiger partial charge in [0.25, 0.3) is 0 Å². The number of benzene rings is 2. The number of amides is 1. The van der Waals surface area contributed by atoms with Crippen molar-refractivity contribution in [3.63, 3.8) is 0 Å². The molecule has 0 radical (unpaired) electrons. The Morgan fingerprint density at radius 1 is 1.19 bits per heavy atom. The third kappa shape index (κ3) is 5.24. The molecule has 0 bridgehead atoms. The van der Waals surface area contributed by atoms with Gasteiger partial charge in [-0.15, -0.1) is 0 Å². The SMILES string of the molecule is Cc1cc(C(F)(F)F)nn1-c1ccc(NC(=O)Cc2ccccc2Cl)cc1S(N)(=O)=O. The van der Waals surface area contributed by atoms with Gasteiger partial charge in [0.1, 0.15) is 4.90 Å². The summed E-state index contributed by atoms with van der Waals surface area (Å²) in [5.41, 5.74) is -0.655. The molecule has 0 saturated carbocycles. The molecule has 0 saturated heterocycles. The Labute approximate surface area is 180 Å². The molecule has 0 fully saturated rings. The molecular formula is C19H16ClF3N4O3S. The van der Waals surface area contributed by atoms with E-state index in [0.29, 0.717) is 10.6 Å². The highest BCUT2D eigenvalue weighted by Crippen LogP contribution is 2.31. The first kappa shape index (κ1) is 22.8. The average molecular weight is 473 g/mol. The molecule has 0 aliphatic rings. The number of carbonyl (C=O) groups excluding carboxylic acids is 1. The van der Waals surface area contributed by atoms with Gasteiger partial charge in [-0.2, -0.15) is 18.3 Å². The lowest BCUT2D eigenvalue weighted by Gasteiger charge is -2.13. The van der Waals surface area contributed by atoms with E-state index in [2.05, 4.69) is 10.4 Å². The standard InChI is InChI=1S/C19H16ClF3N4O3S/c1-11-8-17(19(21,22)23)26-27(11)15-7-6-13(10-16(15)31(24,29)30)25-18(28)9-12-4-2-3-5-14(12)20/h2-8,10H,9H2,1H3,(H,25,28)(H2,24,29,30). The minimum atomic E-state index is -4.70. The van der Waals surface area contributed by atoms with E-state index in [1.165, 1.54) is 19.1 Å². The molecule has 0 aliphatic heterocycles.